The van der Waals surface area contributed by atoms with Gasteiger partial charge in [-0.15, -0.1) is 0 Å². The molecule has 0 N–H and O–H groups in total. The van der Waals surface area contributed by atoms with Crippen LogP contribution in [0.25, 0.3) is 0 Å². The number of ether oxygens (including phenoxy) is 1. The smallest absolute Gasteiger partial charge is 0.314 e. The molecule has 0 heterocycles. The number of esters is 1. The minimum absolute atomic E-state index is 0.0147. The van der Waals surface area contributed by atoms with Crippen molar-refractivity contribution in [2.75, 3.05) is 0 Å². The maximum Gasteiger partial charge on any atom is 0.314 e. The summed E-state index contributed by atoms with van der Waals surface area (Å²) < 4.78 is 5.71. The summed E-state index contributed by atoms with van der Waals surface area (Å²) in [5.41, 5.74) is 1.42. The summed E-state index contributed by atoms with van der Waals surface area (Å²) in [5.74, 6) is 3.28. The first-order valence-electron chi connectivity index (χ1n) is 12.0. The normalized spacial score (nSPS) is 28.1. The van der Waals surface area contributed by atoms with Crippen molar-refractivity contribution >= 4 is 5.97 Å². The third-order valence-corrected chi connectivity index (χ3v) is 7.26. The lowest BCUT2D eigenvalue weighted by Crippen LogP contribution is -2.25. The molecule has 2 aliphatic rings. The van der Waals surface area contributed by atoms with Gasteiger partial charge in [0.2, 0.25) is 0 Å². The maximum atomic E-state index is 12.5. The lowest BCUT2D eigenvalue weighted by atomic mass is 9.77. The molecular weight excluding hydrogens is 344 g/mol. The first-order valence-corrected chi connectivity index (χ1v) is 12.0. The highest BCUT2D eigenvalue weighted by Crippen LogP contribution is 2.38. The van der Waals surface area contributed by atoms with Crippen LogP contribution in [0.15, 0.2) is 24.3 Å². The zero-order valence-electron chi connectivity index (χ0n) is 18.1. The van der Waals surface area contributed by atoms with Gasteiger partial charge in [-0.1, -0.05) is 58.1 Å². The largest absolute Gasteiger partial charge is 0.426 e. The van der Waals surface area contributed by atoms with E-state index in [1.54, 1.807) is 0 Å². The number of rotatable bonds is 8. The van der Waals surface area contributed by atoms with Gasteiger partial charge in [-0.25, -0.2) is 0 Å². The number of carbonyl (C=O) groups is 1. The van der Waals surface area contributed by atoms with E-state index in [0.29, 0.717) is 5.92 Å². The average molecular weight is 385 g/mol. The van der Waals surface area contributed by atoms with Gasteiger partial charge in [-0.05, 0) is 86.8 Å². The Kier molecular flexibility index (Phi) is 8.43. The molecule has 28 heavy (non-hydrogen) atoms. The second kappa shape index (κ2) is 11.0. The molecule has 2 aliphatic carbocycles. The van der Waals surface area contributed by atoms with E-state index >= 15 is 0 Å². The van der Waals surface area contributed by atoms with Crippen LogP contribution in [-0.4, -0.2) is 5.97 Å². The van der Waals surface area contributed by atoms with E-state index in [-0.39, 0.29) is 11.9 Å². The summed E-state index contributed by atoms with van der Waals surface area (Å²) >= 11 is 0. The topological polar surface area (TPSA) is 26.3 Å². The summed E-state index contributed by atoms with van der Waals surface area (Å²) in [6.45, 7) is 4.54. The molecule has 0 bridgehead atoms. The maximum absolute atomic E-state index is 12.5. The van der Waals surface area contributed by atoms with Gasteiger partial charge in [0.1, 0.15) is 5.75 Å². The number of hydrogen-bond acceptors (Lipinski definition) is 2. The molecule has 156 valence electrons. The van der Waals surface area contributed by atoms with Gasteiger partial charge in [0.05, 0.1) is 5.92 Å². The van der Waals surface area contributed by atoms with E-state index in [4.69, 9.17) is 4.74 Å². The predicted molar refractivity (Wildman–Crippen MR) is 117 cm³/mol. The van der Waals surface area contributed by atoms with Crippen LogP contribution in [0.1, 0.15) is 109 Å². The quantitative estimate of drug-likeness (QED) is 0.339. The fourth-order valence-electron chi connectivity index (χ4n) is 5.38. The molecule has 3 rings (SSSR count). The third-order valence-electron chi connectivity index (χ3n) is 7.26. The number of hydrogen-bond donors (Lipinski definition) is 0. The molecule has 1 aromatic rings. The zero-order valence-corrected chi connectivity index (χ0v) is 18.1. The van der Waals surface area contributed by atoms with Crippen LogP contribution < -0.4 is 4.74 Å². The molecule has 1 aromatic carbocycles. The van der Waals surface area contributed by atoms with Gasteiger partial charge < -0.3 is 4.74 Å². The van der Waals surface area contributed by atoms with Crippen molar-refractivity contribution in [1.82, 2.24) is 0 Å². The predicted octanol–water partition coefficient (Wildman–Crippen LogP) is 7.66. The highest BCUT2D eigenvalue weighted by Gasteiger charge is 2.27. The van der Waals surface area contributed by atoms with Crippen molar-refractivity contribution in [3.8, 4) is 5.75 Å². The first-order chi connectivity index (χ1) is 13.7. The van der Waals surface area contributed by atoms with E-state index < -0.39 is 0 Å². The molecule has 0 saturated heterocycles. The van der Waals surface area contributed by atoms with E-state index in [0.717, 1.165) is 30.4 Å². The van der Waals surface area contributed by atoms with Gasteiger partial charge in [0.15, 0.2) is 0 Å². The van der Waals surface area contributed by atoms with Gasteiger partial charge >= 0.3 is 5.97 Å². The molecule has 0 amide bonds. The fraction of sp³-hybridized carbons (Fsp3) is 0.731. The van der Waals surface area contributed by atoms with E-state index in [1.807, 2.05) is 12.1 Å². The number of unbranched alkanes of at least 4 members (excludes halogenated alkanes) is 1. The molecule has 0 aromatic heterocycles. The molecule has 0 spiro atoms. The van der Waals surface area contributed by atoms with Gasteiger partial charge in [0, 0.05) is 0 Å². The Morgan fingerprint density at radius 2 is 1.43 bits per heavy atom. The zero-order chi connectivity index (χ0) is 19.8. The lowest BCUT2D eigenvalue weighted by Gasteiger charge is -2.29. The Bertz CT molecular complexity index is 575. The second-order valence-electron chi connectivity index (χ2n) is 9.36. The van der Waals surface area contributed by atoms with Crippen molar-refractivity contribution in [2.24, 2.45) is 17.8 Å². The third kappa shape index (κ3) is 6.09. The fourth-order valence-corrected chi connectivity index (χ4v) is 5.38. The van der Waals surface area contributed by atoms with Crippen LogP contribution in [0.3, 0.4) is 0 Å². The molecule has 0 radical (unpaired) electrons. The van der Waals surface area contributed by atoms with Crippen molar-refractivity contribution in [3.05, 3.63) is 29.8 Å². The highest BCUT2D eigenvalue weighted by molar-refractivity contribution is 5.75. The SMILES string of the molecule is CCCC[C@H]1CC[C@H](c2ccc(OC(=O)C3CCC(CCC)CC3)cc2)CC1. The Hall–Kier alpha value is -1.31. The molecule has 2 fully saturated rings. The monoisotopic (exact) mass is 384 g/mol. The minimum Gasteiger partial charge on any atom is -0.426 e. The molecule has 0 atom stereocenters. The van der Waals surface area contributed by atoms with Crippen LogP contribution in [-0.2, 0) is 4.79 Å². The van der Waals surface area contributed by atoms with Crippen molar-refractivity contribution in [1.29, 1.82) is 0 Å². The summed E-state index contributed by atoms with van der Waals surface area (Å²) in [5, 5.41) is 0. The number of benzene rings is 1. The van der Waals surface area contributed by atoms with E-state index in [2.05, 4.69) is 26.0 Å². The Morgan fingerprint density at radius 1 is 0.821 bits per heavy atom. The lowest BCUT2D eigenvalue weighted by molar-refractivity contribution is -0.140. The second-order valence-corrected chi connectivity index (χ2v) is 9.36. The average Bonchev–Trinajstić information content (AvgIpc) is 2.74. The summed E-state index contributed by atoms with van der Waals surface area (Å²) in [7, 11) is 0. The van der Waals surface area contributed by atoms with Crippen LogP contribution in [0.4, 0.5) is 0 Å². The summed E-state index contributed by atoms with van der Waals surface area (Å²) in [4.78, 5) is 12.5. The summed E-state index contributed by atoms with van der Waals surface area (Å²) in [6, 6.07) is 8.41. The van der Waals surface area contributed by atoms with Gasteiger partial charge in [0.25, 0.3) is 0 Å². The van der Waals surface area contributed by atoms with E-state index in [1.165, 1.54) is 76.2 Å². The van der Waals surface area contributed by atoms with Gasteiger partial charge in [-0.2, -0.15) is 0 Å². The summed E-state index contributed by atoms with van der Waals surface area (Å²) in [6.07, 6.45) is 16.4. The molecule has 0 unspecified atom stereocenters. The van der Waals surface area contributed by atoms with Crippen molar-refractivity contribution in [3.63, 3.8) is 0 Å². The van der Waals surface area contributed by atoms with Crippen LogP contribution in [0.2, 0.25) is 0 Å². The molecule has 2 saturated carbocycles. The van der Waals surface area contributed by atoms with Crippen LogP contribution in [0.5, 0.6) is 5.75 Å². The molecule has 2 heteroatoms. The first kappa shape index (κ1) is 21.4. The standard InChI is InChI=1S/C26H40O2/c1-3-5-7-21-8-12-22(13-9-21)23-16-18-25(19-17-23)28-26(27)24-14-10-20(6-4-2)11-15-24/h16-22,24H,3-15H2,1-2H3/t20?,21-,22-,24?. The Balaban J connectivity index is 1.44. The molecular formula is C26H40O2. The van der Waals surface area contributed by atoms with Crippen molar-refractivity contribution < 1.29 is 9.53 Å². The Labute approximate surface area is 172 Å². The Morgan fingerprint density at radius 3 is 2.04 bits per heavy atom. The van der Waals surface area contributed by atoms with Crippen molar-refractivity contribution in [2.45, 2.75) is 103 Å². The van der Waals surface area contributed by atoms with Crippen LogP contribution >= 0.6 is 0 Å². The van der Waals surface area contributed by atoms with E-state index in [9.17, 15) is 4.79 Å². The highest BCUT2D eigenvalue weighted by atomic mass is 16.5. The molecule has 0 aliphatic heterocycles. The van der Waals surface area contributed by atoms with Crippen LogP contribution in [0, 0.1) is 17.8 Å². The van der Waals surface area contributed by atoms with Gasteiger partial charge in [-0.3, -0.25) is 4.79 Å². The minimum atomic E-state index is -0.0147. The number of carbonyl (C=O) groups excluding carboxylic acids is 1. The molecule has 2 nitrogen and oxygen atoms in total.